The number of benzene rings is 2. The first-order chi connectivity index (χ1) is 13.7. The van der Waals surface area contributed by atoms with Gasteiger partial charge in [0.1, 0.15) is 5.82 Å². The first-order valence-corrected chi connectivity index (χ1v) is 9.82. The number of carbonyl (C=O) groups is 1. The summed E-state index contributed by atoms with van der Waals surface area (Å²) in [6.07, 6.45) is 5.27. The molecule has 28 heavy (non-hydrogen) atoms. The maximum absolute atomic E-state index is 13.7. The number of para-hydroxylation sites is 1. The third-order valence-electron chi connectivity index (χ3n) is 5.76. The lowest BCUT2D eigenvalue weighted by Crippen LogP contribution is -2.31. The van der Waals surface area contributed by atoms with Crippen LogP contribution in [0.5, 0.6) is 0 Å². The van der Waals surface area contributed by atoms with E-state index in [9.17, 15) is 9.18 Å². The van der Waals surface area contributed by atoms with Crippen molar-refractivity contribution in [2.75, 3.05) is 0 Å². The van der Waals surface area contributed by atoms with Crippen molar-refractivity contribution in [3.63, 3.8) is 0 Å². The van der Waals surface area contributed by atoms with E-state index in [1.165, 1.54) is 11.5 Å². The molecule has 1 unspecified atom stereocenters. The van der Waals surface area contributed by atoms with E-state index >= 15 is 0 Å². The molecule has 0 bridgehead atoms. The van der Waals surface area contributed by atoms with Gasteiger partial charge in [-0.3, -0.25) is 4.79 Å². The highest BCUT2D eigenvalue weighted by Gasteiger charge is 2.25. The van der Waals surface area contributed by atoms with E-state index in [0.29, 0.717) is 13.0 Å². The van der Waals surface area contributed by atoms with Crippen LogP contribution >= 0.6 is 0 Å². The summed E-state index contributed by atoms with van der Waals surface area (Å²) in [7, 11) is 0. The molecule has 0 fully saturated rings. The first-order valence-electron chi connectivity index (χ1n) is 9.82. The summed E-state index contributed by atoms with van der Waals surface area (Å²) in [5, 5.41) is 5.31. The predicted molar refractivity (Wildman–Crippen MR) is 109 cm³/mol. The monoisotopic (exact) mass is 375 g/mol. The van der Waals surface area contributed by atoms with Crippen molar-refractivity contribution in [2.45, 2.75) is 38.3 Å². The van der Waals surface area contributed by atoms with E-state index in [1.807, 2.05) is 18.3 Å². The van der Waals surface area contributed by atoms with Crippen molar-refractivity contribution in [1.29, 1.82) is 0 Å². The summed E-state index contributed by atoms with van der Waals surface area (Å²) in [6, 6.07) is 15.1. The van der Waals surface area contributed by atoms with Crippen LogP contribution in [-0.4, -0.2) is 15.5 Å². The van der Waals surface area contributed by atoms with Crippen molar-refractivity contribution < 1.29 is 9.18 Å². The minimum Gasteiger partial charge on any atom is -0.356 e. The van der Waals surface area contributed by atoms with Gasteiger partial charge < -0.3 is 14.9 Å². The maximum Gasteiger partial charge on any atom is 0.222 e. The van der Waals surface area contributed by atoms with Crippen molar-refractivity contribution in [2.24, 2.45) is 0 Å². The number of aromatic amines is 1. The Balaban J connectivity index is 1.31. The summed E-state index contributed by atoms with van der Waals surface area (Å²) in [5.74, 6) is -0.181. The summed E-state index contributed by atoms with van der Waals surface area (Å²) in [4.78, 5) is 16.0. The van der Waals surface area contributed by atoms with Crippen LogP contribution in [0.3, 0.4) is 0 Å². The van der Waals surface area contributed by atoms with Gasteiger partial charge >= 0.3 is 0 Å². The van der Waals surface area contributed by atoms with Crippen LogP contribution in [0.2, 0.25) is 0 Å². The van der Waals surface area contributed by atoms with Gasteiger partial charge in [0.05, 0.1) is 6.04 Å². The maximum atomic E-state index is 13.7. The van der Waals surface area contributed by atoms with Gasteiger partial charge in [-0.15, -0.1) is 0 Å². The van der Waals surface area contributed by atoms with Crippen molar-refractivity contribution in [3.05, 3.63) is 71.8 Å². The zero-order valence-corrected chi connectivity index (χ0v) is 15.5. The number of halogens is 1. The zero-order valence-electron chi connectivity index (χ0n) is 15.5. The molecular weight excluding hydrogens is 353 g/mol. The second-order valence-electron chi connectivity index (χ2n) is 7.54. The quantitative estimate of drug-likeness (QED) is 0.527. The fourth-order valence-corrected chi connectivity index (χ4v) is 4.40. The van der Waals surface area contributed by atoms with Gasteiger partial charge in [0.15, 0.2) is 0 Å². The zero-order chi connectivity index (χ0) is 19.1. The molecule has 2 aromatic heterocycles. The van der Waals surface area contributed by atoms with E-state index in [0.717, 1.165) is 46.9 Å². The average Bonchev–Trinajstić information content (AvgIpc) is 3.28. The highest BCUT2D eigenvalue weighted by atomic mass is 19.1. The Labute approximate surface area is 162 Å². The normalized spacial score (nSPS) is 16.4. The molecule has 0 aliphatic heterocycles. The molecule has 5 heteroatoms. The minimum absolute atomic E-state index is 0.0342. The Morgan fingerprint density at radius 3 is 3.04 bits per heavy atom. The van der Waals surface area contributed by atoms with Crippen LogP contribution in [-0.2, 0) is 17.8 Å². The number of nitrogens with one attached hydrogen (secondary N) is 2. The van der Waals surface area contributed by atoms with Gasteiger partial charge in [-0.05, 0) is 60.5 Å². The van der Waals surface area contributed by atoms with Crippen molar-refractivity contribution in [1.82, 2.24) is 14.9 Å². The standard InChI is InChI=1S/C23H22FN3O/c24-16-8-9-19-18(14-16)17-5-3-6-20(23(17)26-19)25-22(28)11-13-27-12-10-15-4-1-2-7-21(15)27/h1-2,4,7-10,12,14,20,26H,3,5-6,11,13H2,(H,25,28). The van der Waals surface area contributed by atoms with Gasteiger partial charge in [-0.25, -0.2) is 4.39 Å². The summed E-state index contributed by atoms with van der Waals surface area (Å²) in [6.45, 7) is 0.650. The molecule has 142 valence electrons. The van der Waals surface area contributed by atoms with Crippen LogP contribution in [0.1, 0.15) is 36.6 Å². The highest BCUT2D eigenvalue weighted by Crippen LogP contribution is 2.35. The lowest BCUT2D eigenvalue weighted by molar-refractivity contribution is -0.122. The number of hydrogen-bond donors (Lipinski definition) is 2. The van der Waals surface area contributed by atoms with E-state index in [2.05, 4.69) is 33.1 Å². The molecule has 4 aromatic rings. The van der Waals surface area contributed by atoms with Crippen molar-refractivity contribution in [3.8, 4) is 0 Å². The Morgan fingerprint density at radius 1 is 1.21 bits per heavy atom. The highest BCUT2D eigenvalue weighted by molar-refractivity contribution is 5.86. The summed E-state index contributed by atoms with van der Waals surface area (Å²) >= 11 is 0. The second-order valence-corrected chi connectivity index (χ2v) is 7.54. The number of H-pyrrole nitrogens is 1. The summed E-state index contributed by atoms with van der Waals surface area (Å²) in [5.41, 5.74) is 4.26. The molecule has 1 aliphatic carbocycles. The number of aryl methyl sites for hydroxylation is 2. The van der Waals surface area contributed by atoms with Gasteiger partial charge in [-0.1, -0.05) is 18.2 Å². The van der Waals surface area contributed by atoms with Crippen molar-refractivity contribution >= 4 is 27.7 Å². The number of amides is 1. The second kappa shape index (κ2) is 6.82. The van der Waals surface area contributed by atoms with Crippen LogP contribution < -0.4 is 5.32 Å². The molecule has 2 aromatic carbocycles. The lowest BCUT2D eigenvalue weighted by atomic mass is 9.91. The number of fused-ring (bicyclic) bond motifs is 4. The molecule has 0 saturated carbocycles. The molecule has 1 amide bonds. The molecule has 4 nitrogen and oxygen atoms in total. The molecule has 0 spiro atoms. The SMILES string of the molecule is O=C(CCn1ccc2ccccc21)NC1CCCc2c1[nH]c1ccc(F)cc21. The number of carbonyl (C=O) groups excluding carboxylic acids is 1. The lowest BCUT2D eigenvalue weighted by Gasteiger charge is -2.24. The van der Waals surface area contributed by atoms with Gasteiger partial charge in [0.25, 0.3) is 0 Å². The predicted octanol–water partition coefficient (Wildman–Crippen LogP) is 4.85. The van der Waals surface area contributed by atoms with E-state index < -0.39 is 0 Å². The van der Waals surface area contributed by atoms with Gasteiger partial charge in [0.2, 0.25) is 5.91 Å². The molecule has 1 aliphatic rings. The molecule has 1 atom stereocenters. The Bertz CT molecular complexity index is 1170. The number of nitrogens with zero attached hydrogens (tertiary/aromatic N) is 1. The number of rotatable bonds is 4. The first kappa shape index (κ1) is 17.0. The molecule has 0 radical (unpaired) electrons. The van der Waals surface area contributed by atoms with Gasteiger partial charge in [0, 0.05) is 41.3 Å². The van der Waals surface area contributed by atoms with E-state index in [1.54, 1.807) is 12.1 Å². The van der Waals surface area contributed by atoms with E-state index in [4.69, 9.17) is 0 Å². The van der Waals surface area contributed by atoms with Crippen LogP contribution in [0.15, 0.2) is 54.7 Å². The van der Waals surface area contributed by atoms with Crippen LogP contribution in [0, 0.1) is 5.82 Å². The molecule has 0 saturated heterocycles. The molecular formula is C23H22FN3O. The fourth-order valence-electron chi connectivity index (χ4n) is 4.40. The van der Waals surface area contributed by atoms with Gasteiger partial charge in [-0.2, -0.15) is 0 Å². The molecule has 2 N–H and O–H groups in total. The number of aromatic nitrogens is 2. The molecule has 2 heterocycles. The average molecular weight is 375 g/mol. The fraction of sp³-hybridized carbons (Fsp3) is 0.261. The Morgan fingerprint density at radius 2 is 2.11 bits per heavy atom. The van der Waals surface area contributed by atoms with E-state index in [-0.39, 0.29) is 17.8 Å². The third kappa shape index (κ3) is 2.97. The largest absolute Gasteiger partial charge is 0.356 e. The minimum atomic E-state index is -0.223. The van der Waals surface area contributed by atoms with Crippen LogP contribution in [0.4, 0.5) is 4.39 Å². The topological polar surface area (TPSA) is 49.8 Å². The molecule has 5 rings (SSSR count). The third-order valence-corrected chi connectivity index (χ3v) is 5.76. The summed E-state index contributed by atoms with van der Waals surface area (Å²) < 4.78 is 15.8. The Kier molecular flexibility index (Phi) is 4.15. The smallest absolute Gasteiger partial charge is 0.222 e. The van der Waals surface area contributed by atoms with Crippen LogP contribution in [0.25, 0.3) is 21.8 Å². The number of hydrogen-bond acceptors (Lipinski definition) is 1. The Hall–Kier alpha value is -3.08.